The Morgan fingerprint density at radius 3 is 2.67 bits per heavy atom. The summed E-state index contributed by atoms with van der Waals surface area (Å²) in [5.74, 6) is 0.230. The van der Waals surface area contributed by atoms with E-state index >= 15 is 0 Å². The van der Waals surface area contributed by atoms with Crippen molar-refractivity contribution in [3.63, 3.8) is 0 Å². The van der Waals surface area contributed by atoms with E-state index in [-0.39, 0.29) is 20.9 Å². The van der Waals surface area contributed by atoms with Crippen molar-refractivity contribution in [2.24, 2.45) is 5.92 Å². The van der Waals surface area contributed by atoms with Crippen molar-refractivity contribution >= 4 is 25.4 Å². The summed E-state index contributed by atoms with van der Waals surface area (Å²) in [4.78, 5) is 12.2. The molecule has 3 heteroatoms. The van der Waals surface area contributed by atoms with Gasteiger partial charge in [0.2, 0.25) is 0 Å². The zero-order valence-electron chi connectivity index (χ0n) is 10.8. The maximum absolute atomic E-state index is 12.2. The van der Waals surface area contributed by atoms with Gasteiger partial charge >= 0.3 is 115 Å². The van der Waals surface area contributed by atoms with Crippen molar-refractivity contribution in [2.45, 2.75) is 24.1 Å². The second-order valence-corrected chi connectivity index (χ2v) is 7.82. The molecule has 2 rings (SSSR count). The van der Waals surface area contributed by atoms with Crippen LogP contribution in [0.25, 0.3) is 0 Å². The molecule has 0 radical (unpaired) electrons. The van der Waals surface area contributed by atoms with E-state index in [0.717, 1.165) is 12.8 Å². The molecule has 2 unspecified atom stereocenters. The minimum absolute atomic E-state index is 0.0806. The molecule has 0 amide bonds. The first-order valence-electron chi connectivity index (χ1n) is 6.16. The predicted molar refractivity (Wildman–Crippen MR) is 74.1 cm³/mol. The monoisotopic (exact) mass is 310 g/mol. The van der Waals surface area contributed by atoms with Crippen molar-refractivity contribution in [1.29, 1.82) is 0 Å². The van der Waals surface area contributed by atoms with E-state index in [1.165, 1.54) is 11.6 Å². The number of methoxy groups -OCH3 is 1. The van der Waals surface area contributed by atoms with Crippen LogP contribution >= 0.6 is 0 Å². The van der Waals surface area contributed by atoms with Crippen LogP contribution in [0.1, 0.15) is 19.8 Å². The first kappa shape index (κ1) is 13.4. The van der Waals surface area contributed by atoms with Gasteiger partial charge in [-0.25, -0.2) is 0 Å². The average molecular weight is 309 g/mol. The Morgan fingerprint density at radius 1 is 1.39 bits per heavy atom. The predicted octanol–water partition coefficient (Wildman–Crippen LogP) is 2.33. The molecule has 1 aliphatic rings. The number of allylic oxidation sites excluding steroid dienone is 2. The molecule has 0 saturated carbocycles. The number of esters is 1. The van der Waals surface area contributed by atoms with Crippen LogP contribution in [0.2, 0.25) is 4.31 Å². The second-order valence-electron chi connectivity index (χ2n) is 4.63. The maximum atomic E-state index is 12.2. The van der Waals surface area contributed by atoms with Crippen molar-refractivity contribution in [3.05, 3.63) is 42.5 Å². The Balaban J connectivity index is 2.25. The molecule has 0 N–H and O–H groups in total. The molecule has 0 aliphatic heterocycles. The van der Waals surface area contributed by atoms with Gasteiger partial charge in [-0.05, 0) is 0 Å². The topological polar surface area (TPSA) is 26.3 Å². The number of benzene rings is 1. The third kappa shape index (κ3) is 2.68. The summed E-state index contributed by atoms with van der Waals surface area (Å²) < 4.78 is 5.90. The molecule has 2 atom stereocenters. The number of hydrogen-bond acceptors (Lipinski definition) is 2. The Kier molecular flexibility index (Phi) is 4.26. The Labute approximate surface area is 115 Å². The number of carbonyl (C=O) groups is 1. The van der Waals surface area contributed by atoms with E-state index < -0.39 is 4.31 Å². The van der Waals surface area contributed by atoms with Gasteiger partial charge in [-0.15, -0.1) is 0 Å². The molecule has 1 aromatic carbocycles. The summed E-state index contributed by atoms with van der Waals surface area (Å²) in [6, 6.07) is 10.3. The molecule has 96 valence electrons. The van der Waals surface area contributed by atoms with Gasteiger partial charge in [0.1, 0.15) is 0 Å². The van der Waals surface area contributed by atoms with Gasteiger partial charge in [-0.3, -0.25) is 0 Å². The summed E-state index contributed by atoms with van der Waals surface area (Å²) in [6.45, 7) is 2.05. The zero-order chi connectivity index (χ0) is 13.0. The van der Waals surface area contributed by atoms with E-state index in [1.807, 2.05) is 25.1 Å². The van der Waals surface area contributed by atoms with E-state index in [4.69, 9.17) is 4.74 Å². The van der Waals surface area contributed by atoms with Gasteiger partial charge in [-0.2, -0.15) is 0 Å². The molecule has 2 nitrogen and oxygen atoms in total. The third-order valence-corrected chi connectivity index (χ3v) is 6.32. The standard InChI is InChI=1S/C15H18O2Se/c1-15(14(16)17-2,12-8-6-7-9-12)18-13-10-4-3-5-11-13/h3-6,8,10-12H,7,9H2,1-2H3. The van der Waals surface area contributed by atoms with Crippen molar-refractivity contribution < 1.29 is 9.53 Å². The Hall–Kier alpha value is -1.05. The van der Waals surface area contributed by atoms with Crippen LogP contribution in [-0.2, 0) is 9.53 Å². The van der Waals surface area contributed by atoms with E-state index in [0.29, 0.717) is 5.92 Å². The molecular formula is C15H18O2Se. The van der Waals surface area contributed by atoms with Crippen LogP contribution < -0.4 is 4.46 Å². The van der Waals surface area contributed by atoms with Crippen LogP contribution in [0.5, 0.6) is 0 Å². The normalized spacial score (nSPS) is 21.6. The molecule has 0 spiro atoms. The zero-order valence-corrected chi connectivity index (χ0v) is 12.5. The van der Waals surface area contributed by atoms with Gasteiger partial charge in [0.15, 0.2) is 0 Å². The van der Waals surface area contributed by atoms with Gasteiger partial charge in [0.25, 0.3) is 0 Å². The van der Waals surface area contributed by atoms with Crippen LogP contribution in [0.4, 0.5) is 0 Å². The van der Waals surface area contributed by atoms with E-state index in [9.17, 15) is 4.79 Å². The van der Waals surface area contributed by atoms with Crippen molar-refractivity contribution in [1.82, 2.24) is 0 Å². The van der Waals surface area contributed by atoms with Gasteiger partial charge in [0, 0.05) is 0 Å². The number of carbonyl (C=O) groups excluding carboxylic acids is 1. The van der Waals surface area contributed by atoms with Gasteiger partial charge in [0.05, 0.1) is 0 Å². The molecule has 0 fully saturated rings. The molecule has 0 bridgehead atoms. The quantitative estimate of drug-likeness (QED) is 0.485. The molecule has 18 heavy (non-hydrogen) atoms. The molecule has 1 aliphatic carbocycles. The fraction of sp³-hybridized carbons (Fsp3) is 0.400. The Bertz CT molecular complexity index is 441. The summed E-state index contributed by atoms with van der Waals surface area (Å²) in [5, 5.41) is 0. The number of hydrogen-bond donors (Lipinski definition) is 0. The van der Waals surface area contributed by atoms with Crippen LogP contribution in [0.15, 0.2) is 42.5 Å². The molecular weight excluding hydrogens is 291 g/mol. The summed E-state index contributed by atoms with van der Waals surface area (Å²) in [5.41, 5.74) is 0. The van der Waals surface area contributed by atoms with Gasteiger partial charge < -0.3 is 0 Å². The SMILES string of the molecule is COC(=O)C(C)([Se]c1ccccc1)C1C=CCC1. The first-order valence-corrected chi connectivity index (χ1v) is 7.87. The van der Waals surface area contributed by atoms with Crippen molar-refractivity contribution in [3.8, 4) is 0 Å². The summed E-state index contributed by atoms with van der Waals surface area (Å²) in [6.07, 6.45) is 6.48. The van der Waals surface area contributed by atoms with E-state index in [1.54, 1.807) is 0 Å². The minimum atomic E-state index is -0.393. The first-order chi connectivity index (χ1) is 8.66. The Morgan fingerprint density at radius 2 is 2.11 bits per heavy atom. The molecule has 0 saturated heterocycles. The fourth-order valence-electron chi connectivity index (χ4n) is 2.30. The summed E-state index contributed by atoms with van der Waals surface area (Å²) in [7, 11) is 1.49. The summed E-state index contributed by atoms with van der Waals surface area (Å²) >= 11 is 0.0840. The molecule has 0 heterocycles. The second kappa shape index (κ2) is 5.73. The third-order valence-electron chi connectivity index (χ3n) is 3.38. The van der Waals surface area contributed by atoms with Crippen LogP contribution in [0.3, 0.4) is 0 Å². The average Bonchev–Trinajstić information content (AvgIpc) is 2.93. The van der Waals surface area contributed by atoms with Crippen LogP contribution in [-0.4, -0.2) is 28.0 Å². The molecule has 0 aromatic heterocycles. The number of ether oxygens (including phenoxy) is 1. The van der Waals surface area contributed by atoms with E-state index in [2.05, 4.69) is 24.3 Å². The number of rotatable bonds is 4. The van der Waals surface area contributed by atoms with Crippen molar-refractivity contribution in [2.75, 3.05) is 7.11 Å². The van der Waals surface area contributed by atoms with Gasteiger partial charge in [-0.1, -0.05) is 0 Å². The fourth-order valence-corrected chi connectivity index (χ4v) is 5.02. The molecule has 1 aromatic rings. The van der Waals surface area contributed by atoms with Crippen LogP contribution in [0, 0.1) is 5.92 Å².